The van der Waals surface area contributed by atoms with Gasteiger partial charge in [0.1, 0.15) is 6.29 Å². The van der Waals surface area contributed by atoms with Gasteiger partial charge >= 0.3 is 29.6 Å². The van der Waals surface area contributed by atoms with Crippen molar-refractivity contribution >= 4 is 39.8 Å². The van der Waals surface area contributed by atoms with Gasteiger partial charge in [0.15, 0.2) is 0 Å². The fourth-order valence-corrected chi connectivity index (χ4v) is 14.6. The maximum atomic E-state index is 11.1. The molecule has 6 rings (SSSR count). The van der Waals surface area contributed by atoms with Gasteiger partial charge in [-0.1, -0.05) is 101 Å². The Morgan fingerprint density at radius 3 is 1.33 bits per heavy atom. The standard InChI is InChI=1S/C14H22OP.C14H20OP.2C5H10.B.2Fe.Na.H/c2*1-16(2,13-8-4-3-5-9-13)14-10-6-7-12(14)11-15;2*1-2-4-5-3-1;;;;;/h3-5,8-9,12,14-15H,6-7,10-11H2,1-2H3;3-5,8-9,11-12,14H,6-7,10H2,1-2H3;2*1-5H2;;;;;/q2*+1;;;;;;+1;-1. The van der Waals surface area contributed by atoms with Crippen LogP contribution in [0.5, 0.6) is 0 Å². The number of hydrogen-bond donors (Lipinski definition) is 1. The molecule has 46 heavy (non-hydrogen) atoms. The summed E-state index contributed by atoms with van der Waals surface area (Å²) in [4.78, 5) is 11.1. The van der Waals surface area contributed by atoms with Crippen molar-refractivity contribution in [1.29, 1.82) is 0 Å². The third-order valence-electron chi connectivity index (χ3n) is 10.6. The zero-order valence-electron chi connectivity index (χ0n) is 30.7. The van der Waals surface area contributed by atoms with Gasteiger partial charge in [-0.25, -0.2) is 0 Å². The third-order valence-corrected chi connectivity index (χ3v) is 18.5. The van der Waals surface area contributed by atoms with Gasteiger partial charge in [-0.3, -0.25) is 0 Å². The molecule has 4 saturated carbocycles. The van der Waals surface area contributed by atoms with Crippen LogP contribution in [0.1, 0.15) is 104 Å². The van der Waals surface area contributed by atoms with Gasteiger partial charge in [-0.15, -0.1) is 0 Å². The second-order valence-electron chi connectivity index (χ2n) is 14.0. The molecule has 0 amide bonds. The van der Waals surface area contributed by atoms with Crippen LogP contribution in [0, 0.1) is 11.8 Å². The Balaban J connectivity index is -0.000000587. The molecule has 0 spiro atoms. The number of carbonyl (C=O) groups is 1. The van der Waals surface area contributed by atoms with Crippen LogP contribution in [0.2, 0.25) is 0 Å². The number of hydrogen-bond acceptors (Lipinski definition) is 2. The average molecular weight is 759 g/mol. The van der Waals surface area contributed by atoms with Crippen molar-refractivity contribution < 1.29 is 75.0 Å². The van der Waals surface area contributed by atoms with Crippen molar-refractivity contribution in [3.63, 3.8) is 0 Å². The minimum absolute atomic E-state index is 0. The number of benzene rings is 2. The second kappa shape index (κ2) is 26.8. The van der Waals surface area contributed by atoms with Crippen molar-refractivity contribution in [3.05, 3.63) is 60.7 Å². The molecule has 4 aliphatic carbocycles. The van der Waals surface area contributed by atoms with E-state index in [1.165, 1.54) is 113 Å². The molecule has 1 N–H and O–H groups in total. The van der Waals surface area contributed by atoms with E-state index < -0.39 is 14.5 Å². The summed E-state index contributed by atoms with van der Waals surface area (Å²) in [6.07, 6.45) is 23.6. The minimum atomic E-state index is -1.15. The third kappa shape index (κ3) is 15.5. The summed E-state index contributed by atoms with van der Waals surface area (Å²) >= 11 is 0. The molecule has 4 atom stereocenters. The number of aldehydes is 1. The van der Waals surface area contributed by atoms with Gasteiger partial charge in [-0.05, 0) is 62.8 Å². The Kier molecular flexibility index (Phi) is 28.6. The molecule has 4 unspecified atom stereocenters. The summed E-state index contributed by atoms with van der Waals surface area (Å²) in [5, 5.41) is 12.4. The molecule has 3 radical (unpaired) electrons. The predicted molar refractivity (Wildman–Crippen MR) is 198 cm³/mol. The van der Waals surface area contributed by atoms with E-state index in [9.17, 15) is 9.90 Å². The van der Waals surface area contributed by atoms with Crippen LogP contribution in [0.15, 0.2) is 60.7 Å². The average Bonchev–Trinajstić information content (AvgIpc) is 3.87. The van der Waals surface area contributed by atoms with Crippen LogP contribution in [0.4, 0.5) is 0 Å². The molecule has 255 valence electrons. The Morgan fingerprint density at radius 1 is 0.609 bits per heavy atom. The zero-order valence-corrected chi connectivity index (χ0v) is 35.7. The largest absolute Gasteiger partial charge is 1.00 e. The monoisotopic (exact) mass is 759 g/mol. The molecule has 0 heterocycles. The van der Waals surface area contributed by atoms with E-state index >= 15 is 0 Å². The van der Waals surface area contributed by atoms with Gasteiger partial charge in [0, 0.05) is 69.6 Å². The van der Waals surface area contributed by atoms with Crippen LogP contribution in [0.25, 0.3) is 0 Å². The summed E-state index contributed by atoms with van der Waals surface area (Å²) in [6, 6.07) is 21.6. The Morgan fingerprint density at radius 2 is 0.957 bits per heavy atom. The fraction of sp³-hybridized carbons (Fsp3) is 0.658. The number of aliphatic hydroxyl groups is 1. The smallest absolute Gasteiger partial charge is 1.00 e. The first kappa shape index (κ1) is 49.1. The number of aliphatic hydroxyl groups excluding tert-OH is 1. The van der Waals surface area contributed by atoms with Gasteiger partial charge in [0.2, 0.25) is 0 Å². The van der Waals surface area contributed by atoms with Crippen LogP contribution >= 0.6 is 14.5 Å². The maximum Gasteiger partial charge on any atom is 1.00 e. The molecule has 4 aliphatic rings. The quantitative estimate of drug-likeness (QED) is 0.212. The van der Waals surface area contributed by atoms with Gasteiger partial charge < -0.3 is 11.3 Å². The molecule has 0 bridgehead atoms. The first-order valence-corrected chi connectivity index (χ1v) is 22.7. The predicted octanol–water partition coefficient (Wildman–Crippen LogP) is 6.34. The molecular weight excluding hydrogens is 696 g/mol. The van der Waals surface area contributed by atoms with E-state index in [1.807, 2.05) is 0 Å². The number of carbonyl (C=O) groups excluding carboxylic acids is 1. The Labute approximate surface area is 332 Å². The molecule has 0 saturated heterocycles. The van der Waals surface area contributed by atoms with Gasteiger partial charge in [0.25, 0.3) is 0 Å². The Bertz CT molecular complexity index is 990. The van der Waals surface area contributed by atoms with E-state index in [4.69, 9.17) is 0 Å². The second-order valence-corrected chi connectivity index (χ2v) is 22.5. The minimum Gasteiger partial charge on any atom is -1.00 e. The summed E-state index contributed by atoms with van der Waals surface area (Å²) in [5.74, 6) is 0.854. The van der Waals surface area contributed by atoms with E-state index in [0.717, 1.165) is 12.1 Å². The summed E-state index contributed by atoms with van der Waals surface area (Å²) < 4.78 is 0. The topological polar surface area (TPSA) is 37.3 Å². The van der Waals surface area contributed by atoms with Crippen LogP contribution in [-0.4, -0.2) is 64.4 Å². The molecule has 2 aromatic carbocycles. The van der Waals surface area contributed by atoms with Gasteiger partial charge in [-0.2, -0.15) is 0 Å². The normalized spacial score (nSPS) is 23.2. The van der Waals surface area contributed by atoms with Crippen molar-refractivity contribution in [3.8, 4) is 0 Å². The Hall–Kier alpha value is 1.03. The molecule has 8 heteroatoms. The first-order chi connectivity index (χ1) is 20.3. The fourth-order valence-electron chi connectivity index (χ4n) is 7.78. The summed E-state index contributed by atoms with van der Waals surface area (Å²) in [5.41, 5.74) is 1.35. The molecule has 0 aromatic heterocycles. The molecule has 2 nitrogen and oxygen atoms in total. The van der Waals surface area contributed by atoms with E-state index in [0.29, 0.717) is 24.1 Å². The van der Waals surface area contributed by atoms with Crippen molar-refractivity contribution in [2.24, 2.45) is 11.8 Å². The van der Waals surface area contributed by atoms with Crippen LogP contribution < -0.4 is 40.2 Å². The molecular formula is C38H63BFe2NaO2P2+2. The van der Waals surface area contributed by atoms with Crippen LogP contribution in [-0.2, 0) is 38.9 Å². The van der Waals surface area contributed by atoms with Crippen molar-refractivity contribution in [1.82, 2.24) is 0 Å². The maximum absolute atomic E-state index is 11.1. The molecule has 0 aliphatic heterocycles. The molecule has 4 fully saturated rings. The zero-order chi connectivity index (χ0) is 30.3. The summed E-state index contributed by atoms with van der Waals surface area (Å²) in [6.45, 7) is 10.0. The first-order valence-electron chi connectivity index (χ1n) is 17.2. The van der Waals surface area contributed by atoms with Crippen molar-refractivity contribution in [2.45, 2.75) is 114 Å². The molecule has 2 aromatic rings. The van der Waals surface area contributed by atoms with E-state index in [-0.39, 0.29) is 73.5 Å². The van der Waals surface area contributed by atoms with Crippen LogP contribution in [0.3, 0.4) is 0 Å². The SMILES string of the molecule is C1CCCC1.C1CCCC1.C[P+](C)(c1ccccc1)C1CCCC1C=O.C[P+](C)(c1ccccc1)C1CCCC1CO.[B].[Fe].[Fe].[H-].[Na+]. The summed E-state index contributed by atoms with van der Waals surface area (Å²) in [7, 11) is -2.22. The van der Waals surface area contributed by atoms with Crippen molar-refractivity contribution in [2.75, 3.05) is 33.3 Å². The number of rotatable bonds is 6. The van der Waals surface area contributed by atoms with E-state index in [1.54, 1.807) is 0 Å². The van der Waals surface area contributed by atoms with Gasteiger partial charge in [0.05, 0.1) is 54.5 Å². The van der Waals surface area contributed by atoms with E-state index in [2.05, 4.69) is 87.3 Å².